The van der Waals surface area contributed by atoms with Gasteiger partial charge in [-0.15, -0.1) is 0 Å². The van der Waals surface area contributed by atoms with E-state index in [9.17, 15) is 87.8 Å². The Bertz CT molecular complexity index is 721. The molecule has 336 valence electrons. The van der Waals surface area contributed by atoms with Crippen LogP contribution >= 0.6 is 0 Å². The minimum absolute atomic E-state index is 0. The quantitative estimate of drug-likeness (QED) is 0.166. The standard InChI is InChI=1S/C7H11F3O.C4H2F6.2C4H5F3.C3H3F3.2CH3F.6CH4.F2/c1-3-11-4-6(2)7(9,10)5-8;1-2(3(5,6)7)4(8,9)10;2*1-2-4(6,7)3-5;1-2-3(4,5)6;2*1-2;;;;;;;1-2/h2-5H2,1H3;1H2;2*2H,1,3H2;2H,1H2;2*1H3;6*1H4;. The highest BCUT2D eigenvalue weighted by Gasteiger charge is 2.49. The van der Waals surface area contributed by atoms with Crippen LogP contribution in [-0.2, 0) is 4.74 Å². The van der Waals surface area contributed by atoms with E-state index < -0.39 is 67.5 Å². The van der Waals surface area contributed by atoms with Crippen molar-refractivity contribution in [2.75, 3.05) is 47.6 Å². The average Bonchev–Trinajstić information content (AvgIpc) is 3.02. The van der Waals surface area contributed by atoms with Crippen molar-refractivity contribution in [2.45, 2.75) is 87.8 Å². The van der Waals surface area contributed by atoms with Gasteiger partial charge in [-0.05, 0) is 19.1 Å². The summed E-state index contributed by atoms with van der Waals surface area (Å²) in [4.78, 5) is 0. The van der Waals surface area contributed by atoms with Gasteiger partial charge >= 0.3 is 18.5 Å². The molecule has 0 bridgehead atoms. The Balaban J connectivity index is -0.0000000284. The van der Waals surface area contributed by atoms with Crippen LogP contribution in [0.4, 0.5) is 97.0 Å². The fourth-order valence-corrected chi connectivity index (χ4v) is 0.695. The molecular weight excluding hydrogens is 794 g/mol. The second-order valence-electron chi connectivity index (χ2n) is 6.50. The Kier molecular flexibility index (Phi) is 85.9. The van der Waals surface area contributed by atoms with E-state index in [1.807, 2.05) is 6.58 Å². The second kappa shape index (κ2) is 49.1. The first kappa shape index (κ1) is 92.7. The predicted molar refractivity (Wildman–Crippen MR) is 173 cm³/mol. The third-order valence-electron chi connectivity index (χ3n) is 3.03. The van der Waals surface area contributed by atoms with Gasteiger partial charge in [0.1, 0.15) is 5.57 Å². The van der Waals surface area contributed by atoms with Crippen molar-refractivity contribution in [3.05, 3.63) is 62.3 Å². The van der Waals surface area contributed by atoms with Crippen LogP contribution in [0.25, 0.3) is 0 Å². The predicted octanol–water partition coefficient (Wildman–Crippen LogP) is 16.0. The maximum Gasteiger partial charge on any atom is 0.420 e. The molecule has 0 saturated carbocycles. The number of rotatable bonds is 9. The lowest BCUT2D eigenvalue weighted by Gasteiger charge is -2.14. The molecule has 0 amide bonds. The van der Waals surface area contributed by atoms with Crippen LogP contribution in [0, 0.1) is 0 Å². The summed E-state index contributed by atoms with van der Waals surface area (Å²) < 4.78 is 242. The summed E-state index contributed by atoms with van der Waals surface area (Å²) >= 11 is 0. The van der Waals surface area contributed by atoms with Crippen molar-refractivity contribution in [1.82, 2.24) is 0 Å². The largest absolute Gasteiger partial charge is 0.420 e. The van der Waals surface area contributed by atoms with Gasteiger partial charge in [0.25, 0.3) is 17.8 Å². The van der Waals surface area contributed by atoms with Gasteiger partial charge < -0.3 is 4.74 Å². The molecule has 0 heterocycles. The number of hydrogen-bond acceptors (Lipinski definition) is 1. The van der Waals surface area contributed by atoms with E-state index in [2.05, 4.69) is 31.1 Å². The van der Waals surface area contributed by atoms with Crippen molar-refractivity contribution >= 4 is 0 Å². The number of ether oxygens (including phenoxy) is 1. The topological polar surface area (TPSA) is 9.23 Å². The summed E-state index contributed by atoms with van der Waals surface area (Å²) in [6, 6.07) is 0. The first-order chi connectivity index (χ1) is 21.0. The van der Waals surface area contributed by atoms with Crippen LogP contribution in [0.15, 0.2) is 62.3 Å². The van der Waals surface area contributed by atoms with Gasteiger partial charge in [0.05, 0.1) is 21.0 Å². The van der Waals surface area contributed by atoms with Crippen molar-refractivity contribution in [1.29, 1.82) is 0 Å². The molecule has 0 unspecified atom stereocenters. The van der Waals surface area contributed by atoms with Gasteiger partial charge in [0, 0.05) is 27.4 Å². The highest BCUT2D eigenvalue weighted by Crippen LogP contribution is 2.36. The Morgan fingerprint density at radius 1 is 0.509 bits per heavy atom. The molecule has 1 nitrogen and oxygen atoms in total. The van der Waals surface area contributed by atoms with Crippen LogP contribution in [0.2, 0.25) is 0 Å². The van der Waals surface area contributed by atoms with Crippen molar-refractivity contribution in [3.63, 3.8) is 0 Å². The Morgan fingerprint density at radius 2 is 0.736 bits per heavy atom. The maximum atomic E-state index is 12.3. The summed E-state index contributed by atoms with van der Waals surface area (Å²) in [7, 11) is 1.00. The zero-order chi connectivity index (χ0) is 40.5. The maximum absolute atomic E-state index is 12.3. The molecule has 0 saturated heterocycles. The average molecular weight is 851 g/mol. The van der Waals surface area contributed by atoms with E-state index in [1.54, 1.807) is 6.92 Å². The van der Waals surface area contributed by atoms with E-state index in [-0.39, 0.29) is 69.4 Å². The highest BCUT2D eigenvalue weighted by molar-refractivity contribution is 5.09. The molecule has 0 aliphatic rings. The second-order valence-corrected chi connectivity index (χ2v) is 6.50. The molecule has 0 N–H and O–H groups in total. The summed E-state index contributed by atoms with van der Waals surface area (Å²) in [6.45, 7) is 9.48. The number of alkyl halides is 20. The molecule has 23 heteroatoms. The van der Waals surface area contributed by atoms with Crippen LogP contribution in [0.5, 0.6) is 0 Å². The lowest BCUT2D eigenvalue weighted by molar-refractivity contribution is -0.171. The smallest absolute Gasteiger partial charge is 0.377 e. The molecule has 0 aromatic heterocycles. The van der Waals surface area contributed by atoms with Crippen molar-refractivity contribution in [3.8, 4) is 0 Å². The van der Waals surface area contributed by atoms with Gasteiger partial charge in [-0.1, -0.05) is 77.5 Å². The van der Waals surface area contributed by atoms with Gasteiger partial charge in [-0.3, -0.25) is 8.78 Å². The third kappa shape index (κ3) is 79.2. The first-order valence-electron chi connectivity index (χ1n) is 10.8. The summed E-state index contributed by atoms with van der Waals surface area (Å²) in [5.41, 5.74) is -3.19. The summed E-state index contributed by atoms with van der Waals surface area (Å²) in [5.74, 6) is -10.1. The Labute approximate surface area is 300 Å². The fraction of sp³-hybridized carbons (Fsp3) is 0.667. The van der Waals surface area contributed by atoms with Gasteiger partial charge in [0.2, 0.25) is 0 Å². The SMILES string of the molecule is C.C.C.C.C.C.C=C(C(F)(F)F)C(F)(F)F.C=C(COCC)C(F)(F)CF.C=CC(F)(F)CF.C=CC(F)(F)CF.C=CC(F)(F)F.CF.CF.FF. The lowest BCUT2D eigenvalue weighted by Crippen LogP contribution is -2.24. The van der Waals surface area contributed by atoms with Crippen LogP contribution in [0.3, 0.4) is 0 Å². The minimum Gasteiger partial charge on any atom is -0.377 e. The molecular formula is C30H56F22O. The zero-order valence-corrected chi connectivity index (χ0v) is 24.5. The summed E-state index contributed by atoms with van der Waals surface area (Å²) in [6.07, 6.45) is -14.4. The van der Waals surface area contributed by atoms with E-state index in [1.165, 1.54) is 0 Å². The van der Waals surface area contributed by atoms with E-state index in [4.69, 9.17) is 9.15 Å². The Morgan fingerprint density at radius 3 is 0.811 bits per heavy atom. The molecule has 0 aromatic rings. The van der Waals surface area contributed by atoms with Crippen molar-refractivity contribution in [2.24, 2.45) is 0 Å². The van der Waals surface area contributed by atoms with Crippen molar-refractivity contribution < 1.29 is 102 Å². The summed E-state index contributed by atoms with van der Waals surface area (Å²) in [5, 5.41) is 0. The minimum atomic E-state index is -5.38. The lowest BCUT2D eigenvalue weighted by atomic mass is 10.2. The van der Waals surface area contributed by atoms with Crippen LogP contribution < -0.4 is 0 Å². The van der Waals surface area contributed by atoms with Crippen LogP contribution in [0.1, 0.15) is 51.5 Å². The molecule has 0 aliphatic heterocycles. The van der Waals surface area contributed by atoms with Gasteiger partial charge in [-0.2, -0.15) is 65.9 Å². The normalized spacial score (nSPS) is 9.53. The molecule has 0 spiro atoms. The molecule has 0 rings (SSSR count). The highest BCUT2D eigenvalue weighted by atomic mass is 20.0. The third-order valence-corrected chi connectivity index (χ3v) is 3.03. The van der Waals surface area contributed by atoms with E-state index >= 15 is 0 Å². The molecule has 0 aromatic carbocycles. The molecule has 0 fully saturated rings. The van der Waals surface area contributed by atoms with Gasteiger partial charge in [-0.25, -0.2) is 13.2 Å². The number of allylic oxidation sites excluding steroid dienone is 4. The first-order valence-corrected chi connectivity index (χ1v) is 10.8. The van der Waals surface area contributed by atoms with E-state index in [0.717, 1.165) is 0 Å². The van der Waals surface area contributed by atoms with Gasteiger partial charge in [0.15, 0.2) is 20.0 Å². The van der Waals surface area contributed by atoms with E-state index in [0.29, 0.717) is 21.0 Å². The molecule has 0 radical (unpaired) electrons. The molecule has 0 aliphatic carbocycles. The fourth-order valence-electron chi connectivity index (χ4n) is 0.695. The van der Waals surface area contributed by atoms with Crippen LogP contribution in [-0.4, -0.2) is 83.9 Å². The number of halogens is 22. The molecule has 53 heavy (non-hydrogen) atoms. The zero-order valence-electron chi connectivity index (χ0n) is 24.5. The monoisotopic (exact) mass is 850 g/mol. The molecule has 0 atom stereocenters. The number of hydrogen-bond donors (Lipinski definition) is 0. The Hall–Kier alpha value is -2.88.